The molecular weight excluding hydrogens is 262 g/mol. The molecule has 108 valence electrons. The molecule has 0 radical (unpaired) electrons. The molecule has 5 heteroatoms. The molecular formula is C14H23NO3S. The molecule has 0 heterocycles. The van der Waals surface area contributed by atoms with Gasteiger partial charge in [0.2, 0.25) is 10.0 Å². The Morgan fingerprint density at radius 2 is 1.89 bits per heavy atom. The maximum atomic E-state index is 12.0. The highest BCUT2D eigenvalue weighted by atomic mass is 32.2. The summed E-state index contributed by atoms with van der Waals surface area (Å²) in [6.45, 7) is 3.72. The topological polar surface area (TPSA) is 66.4 Å². The summed E-state index contributed by atoms with van der Waals surface area (Å²) in [5.74, 6) is 0.224. The zero-order valence-electron chi connectivity index (χ0n) is 11.5. The minimum absolute atomic E-state index is 0.101. The van der Waals surface area contributed by atoms with Crippen LogP contribution in [0.15, 0.2) is 30.3 Å². The molecule has 2 N–H and O–H groups in total. The summed E-state index contributed by atoms with van der Waals surface area (Å²) in [5, 5.41) is 9.35. The molecule has 19 heavy (non-hydrogen) atoms. The Balaban J connectivity index is 2.70. The van der Waals surface area contributed by atoms with Gasteiger partial charge in [0.05, 0.1) is 18.4 Å². The van der Waals surface area contributed by atoms with Crippen molar-refractivity contribution < 1.29 is 13.5 Å². The van der Waals surface area contributed by atoms with E-state index in [2.05, 4.69) is 4.72 Å². The van der Waals surface area contributed by atoms with Crippen molar-refractivity contribution in [3.05, 3.63) is 35.9 Å². The third-order valence-electron chi connectivity index (χ3n) is 2.99. The molecule has 0 aromatic heterocycles. The van der Waals surface area contributed by atoms with Crippen molar-refractivity contribution in [1.29, 1.82) is 0 Å². The van der Waals surface area contributed by atoms with Crippen LogP contribution in [0.25, 0.3) is 0 Å². The van der Waals surface area contributed by atoms with Gasteiger partial charge in [0.15, 0.2) is 0 Å². The van der Waals surface area contributed by atoms with E-state index in [-0.39, 0.29) is 18.3 Å². The van der Waals surface area contributed by atoms with Crippen LogP contribution in [0.3, 0.4) is 0 Å². The minimum Gasteiger partial charge on any atom is -0.394 e. The van der Waals surface area contributed by atoms with E-state index in [1.807, 2.05) is 32.0 Å². The summed E-state index contributed by atoms with van der Waals surface area (Å²) in [5.41, 5.74) is 0.775. The summed E-state index contributed by atoms with van der Waals surface area (Å²) in [6, 6.07) is 8.55. The third-order valence-corrected chi connectivity index (χ3v) is 4.64. The Kier molecular flexibility index (Phi) is 6.48. The van der Waals surface area contributed by atoms with Crippen molar-refractivity contribution in [3.8, 4) is 0 Å². The van der Waals surface area contributed by atoms with E-state index in [4.69, 9.17) is 0 Å². The summed E-state index contributed by atoms with van der Waals surface area (Å²) < 4.78 is 26.6. The van der Waals surface area contributed by atoms with E-state index in [1.165, 1.54) is 0 Å². The number of rotatable bonds is 8. The van der Waals surface area contributed by atoms with E-state index in [9.17, 15) is 13.5 Å². The van der Waals surface area contributed by atoms with Gasteiger partial charge >= 0.3 is 0 Å². The number of aliphatic hydroxyl groups is 1. The molecule has 0 bridgehead atoms. The van der Waals surface area contributed by atoms with Gasteiger partial charge in [-0.15, -0.1) is 0 Å². The lowest BCUT2D eigenvalue weighted by Gasteiger charge is -2.18. The standard InChI is InChI=1S/C14H23NO3S/c1-3-7-12(2)11-19(17,18)15-14(10-16)13-8-5-4-6-9-13/h4-6,8-9,12,14-16H,3,7,10-11H2,1-2H3. The summed E-state index contributed by atoms with van der Waals surface area (Å²) in [4.78, 5) is 0. The predicted molar refractivity (Wildman–Crippen MR) is 77.3 cm³/mol. The average Bonchev–Trinajstić information content (AvgIpc) is 2.36. The van der Waals surface area contributed by atoms with Crippen LogP contribution < -0.4 is 4.72 Å². The van der Waals surface area contributed by atoms with Gasteiger partial charge in [-0.25, -0.2) is 13.1 Å². The van der Waals surface area contributed by atoms with Crippen LogP contribution >= 0.6 is 0 Å². The van der Waals surface area contributed by atoms with Gasteiger partial charge in [-0.05, 0) is 17.9 Å². The molecule has 4 nitrogen and oxygen atoms in total. The fourth-order valence-electron chi connectivity index (χ4n) is 2.11. The molecule has 0 amide bonds. The lowest BCUT2D eigenvalue weighted by molar-refractivity contribution is 0.258. The quantitative estimate of drug-likeness (QED) is 0.768. The van der Waals surface area contributed by atoms with Gasteiger partial charge in [0, 0.05) is 0 Å². The van der Waals surface area contributed by atoms with Crippen molar-refractivity contribution in [2.24, 2.45) is 5.92 Å². The van der Waals surface area contributed by atoms with E-state index >= 15 is 0 Å². The van der Waals surface area contributed by atoms with Gasteiger partial charge in [-0.1, -0.05) is 50.6 Å². The van der Waals surface area contributed by atoms with Crippen LogP contribution in [-0.4, -0.2) is 25.9 Å². The first-order chi connectivity index (χ1) is 8.98. The lowest BCUT2D eigenvalue weighted by Crippen LogP contribution is -2.34. The molecule has 0 saturated carbocycles. The fourth-order valence-corrected chi connectivity index (χ4v) is 3.77. The SMILES string of the molecule is CCCC(C)CS(=O)(=O)NC(CO)c1ccccc1. The predicted octanol–water partition coefficient (Wildman–Crippen LogP) is 2.08. The second kappa shape index (κ2) is 7.62. The van der Waals surface area contributed by atoms with Crippen molar-refractivity contribution in [2.75, 3.05) is 12.4 Å². The highest BCUT2D eigenvalue weighted by molar-refractivity contribution is 7.89. The highest BCUT2D eigenvalue weighted by Crippen LogP contribution is 2.15. The van der Waals surface area contributed by atoms with Crippen LogP contribution in [0, 0.1) is 5.92 Å². The van der Waals surface area contributed by atoms with Crippen molar-refractivity contribution in [1.82, 2.24) is 4.72 Å². The zero-order valence-corrected chi connectivity index (χ0v) is 12.4. The summed E-state index contributed by atoms with van der Waals surface area (Å²) in [7, 11) is -3.37. The second-order valence-corrected chi connectivity index (χ2v) is 6.74. The molecule has 0 saturated heterocycles. The van der Waals surface area contributed by atoms with Crippen molar-refractivity contribution in [2.45, 2.75) is 32.7 Å². The molecule has 0 spiro atoms. The zero-order chi connectivity index (χ0) is 14.3. The fraction of sp³-hybridized carbons (Fsp3) is 0.571. The highest BCUT2D eigenvalue weighted by Gasteiger charge is 2.20. The summed E-state index contributed by atoms with van der Waals surface area (Å²) >= 11 is 0. The number of nitrogens with one attached hydrogen (secondary N) is 1. The smallest absolute Gasteiger partial charge is 0.212 e. The third kappa shape index (κ3) is 5.72. The largest absolute Gasteiger partial charge is 0.394 e. The Hall–Kier alpha value is -0.910. The lowest BCUT2D eigenvalue weighted by atomic mass is 10.1. The maximum absolute atomic E-state index is 12.0. The van der Waals surface area contributed by atoms with E-state index in [0.717, 1.165) is 18.4 Å². The molecule has 1 aromatic carbocycles. The Morgan fingerprint density at radius 1 is 1.26 bits per heavy atom. The Morgan fingerprint density at radius 3 is 2.42 bits per heavy atom. The van der Waals surface area contributed by atoms with Crippen LogP contribution in [0.4, 0.5) is 0 Å². The molecule has 2 unspecified atom stereocenters. The van der Waals surface area contributed by atoms with E-state index in [1.54, 1.807) is 12.1 Å². The maximum Gasteiger partial charge on any atom is 0.212 e. The number of aliphatic hydroxyl groups excluding tert-OH is 1. The van der Waals surface area contributed by atoms with Crippen LogP contribution in [0.2, 0.25) is 0 Å². The Labute approximate surface area is 115 Å². The van der Waals surface area contributed by atoms with Crippen LogP contribution in [0.1, 0.15) is 38.3 Å². The molecule has 0 fully saturated rings. The molecule has 0 aliphatic rings. The number of benzene rings is 1. The minimum atomic E-state index is -3.37. The monoisotopic (exact) mass is 285 g/mol. The summed E-state index contributed by atoms with van der Waals surface area (Å²) in [6.07, 6.45) is 1.86. The van der Waals surface area contributed by atoms with Gasteiger partial charge in [0.25, 0.3) is 0 Å². The molecule has 0 aliphatic carbocycles. The van der Waals surface area contributed by atoms with Crippen LogP contribution in [0.5, 0.6) is 0 Å². The van der Waals surface area contributed by atoms with Gasteiger partial charge in [0.1, 0.15) is 0 Å². The molecule has 0 aliphatic heterocycles. The van der Waals surface area contributed by atoms with E-state index < -0.39 is 16.1 Å². The first-order valence-corrected chi connectivity index (χ1v) is 8.29. The Bertz CT molecular complexity index is 459. The first kappa shape index (κ1) is 16.1. The number of hydrogen-bond acceptors (Lipinski definition) is 3. The van der Waals surface area contributed by atoms with Gasteiger partial charge < -0.3 is 5.11 Å². The average molecular weight is 285 g/mol. The van der Waals surface area contributed by atoms with Gasteiger partial charge in [-0.3, -0.25) is 0 Å². The number of hydrogen-bond donors (Lipinski definition) is 2. The van der Waals surface area contributed by atoms with Gasteiger partial charge in [-0.2, -0.15) is 0 Å². The molecule has 1 aromatic rings. The normalized spacial score (nSPS) is 15.1. The molecule has 1 rings (SSSR count). The van der Waals surface area contributed by atoms with E-state index in [0.29, 0.717) is 0 Å². The second-order valence-electron chi connectivity index (χ2n) is 4.94. The van der Waals surface area contributed by atoms with Crippen molar-refractivity contribution in [3.63, 3.8) is 0 Å². The van der Waals surface area contributed by atoms with Crippen LogP contribution in [-0.2, 0) is 10.0 Å². The first-order valence-electron chi connectivity index (χ1n) is 6.64. The molecule has 2 atom stereocenters. The van der Waals surface area contributed by atoms with Crippen molar-refractivity contribution >= 4 is 10.0 Å². The number of sulfonamides is 1.